The van der Waals surface area contributed by atoms with Gasteiger partial charge in [0.15, 0.2) is 0 Å². The summed E-state index contributed by atoms with van der Waals surface area (Å²) < 4.78 is 0. The summed E-state index contributed by atoms with van der Waals surface area (Å²) in [4.78, 5) is 7.89. The number of nitrogens with zero attached hydrogens (tertiary/aromatic N) is 1. The molecule has 0 amide bonds. The van der Waals surface area contributed by atoms with Crippen LogP contribution in [0.25, 0.3) is 0 Å². The normalized spacial score (nSPS) is 36.2. The smallest absolute Gasteiger partial charge is 0.108 e. The molecule has 3 nitrogen and oxygen atoms in total. The molecule has 1 saturated heterocycles. The highest BCUT2D eigenvalue weighted by Crippen LogP contribution is 2.55. The number of hydrogen-bond donors (Lipinski definition) is 1. The Bertz CT molecular complexity index is 215. The molecular formula is C11H22N2O. The fourth-order valence-electron chi connectivity index (χ4n) is 3.44. The van der Waals surface area contributed by atoms with Gasteiger partial charge in [-0.15, -0.1) is 0 Å². The SMILES string of the molecule is CCN1CCCC1(CC)C1(ON)CC1. The number of likely N-dealkylation sites (tertiary alicyclic amines) is 1. The number of likely N-dealkylation sites (N-methyl/N-ethyl adjacent to an activating group) is 1. The molecule has 82 valence electrons. The van der Waals surface area contributed by atoms with Gasteiger partial charge in [0.05, 0.1) is 5.54 Å². The predicted octanol–water partition coefficient (Wildman–Crippen LogP) is 1.67. The van der Waals surface area contributed by atoms with Gasteiger partial charge in [-0.1, -0.05) is 13.8 Å². The minimum atomic E-state index is -0.00569. The average molecular weight is 198 g/mol. The quantitative estimate of drug-likeness (QED) is 0.698. The van der Waals surface area contributed by atoms with E-state index < -0.39 is 0 Å². The molecule has 0 spiro atoms. The molecule has 0 aromatic rings. The van der Waals surface area contributed by atoms with E-state index in [1.807, 2.05) is 0 Å². The molecule has 1 heterocycles. The fraction of sp³-hybridized carbons (Fsp3) is 1.00. The van der Waals surface area contributed by atoms with Crippen molar-refractivity contribution in [2.75, 3.05) is 13.1 Å². The Kier molecular flexibility index (Phi) is 2.58. The van der Waals surface area contributed by atoms with Crippen molar-refractivity contribution >= 4 is 0 Å². The summed E-state index contributed by atoms with van der Waals surface area (Å²) in [7, 11) is 0. The molecule has 2 fully saturated rings. The van der Waals surface area contributed by atoms with Gasteiger partial charge in [-0.3, -0.25) is 9.74 Å². The summed E-state index contributed by atoms with van der Waals surface area (Å²) in [5.74, 6) is 5.50. The average Bonchev–Trinajstić information content (AvgIpc) is 2.92. The summed E-state index contributed by atoms with van der Waals surface area (Å²) in [6.45, 7) is 6.85. The van der Waals surface area contributed by atoms with Crippen LogP contribution in [0.3, 0.4) is 0 Å². The van der Waals surface area contributed by atoms with Crippen LogP contribution in [0.5, 0.6) is 0 Å². The highest BCUT2D eigenvalue weighted by molar-refractivity contribution is 5.17. The van der Waals surface area contributed by atoms with Crippen molar-refractivity contribution in [3.8, 4) is 0 Å². The van der Waals surface area contributed by atoms with Crippen molar-refractivity contribution in [3.05, 3.63) is 0 Å². The first-order valence-corrected chi connectivity index (χ1v) is 5.87. The van der Waals surface area contributed by atoms with Gasteiger partial charge in [0, 0.05) is 0 Å². The maximum Gasteiger partial charge on any atom is 0.108 e. The molecule has 1 saturated carbocycles. The third-order valence-corrected chi connectivity index (χ3v) is 4.37. The van der Waals surface area contributed by atoms with Crippen LogP contribution in [-0.2, 0) is 4.84 Å². The maximum atomic E-state index is 5.50. The van der Waals surface area contributed by atoms with E-state index in [4.69, 9.17) is 10.7 Å². The Labute approximate surface area is 86.5 Å². The van der Waals surface area contributed by atoms with Crippen LogP contribution >= 0.6 is 0 Å². The molecule has 1 unspecified atom stereocenters. The Balaban J connectivity index is 2.24. The highest BCUT2D eigenvalue weighted by atomic mass is 16.6. The van der Waals surface area contributed by atoms with E-state index in [1.54, 1.807) is 0 Å². The fourth-order valence-corrected chi connectivity index (χ4v) is 3.44. The first-order chi connectivity index (χ1) is 6.74. The first kappa shape index (κ1) is 10.4. The Morgan fingerprint density at radius 3 is 2.43 bits per heavy atom. The summed E-state index contributed by atoms with van der Waals surface area (Å²) in [6.07, 6.45) is 6.01. The molecule has 1 aliphatic carbocycles. The molecule has 2 rings (SSSR count). The van der Waals surface area contributed by atoms with Crippen LogP contribution in [0.2, 0.25) is 0 Å². The zero-order valence-corrected chi connectivity index (χ0v) is 9.38. The summed E-state index contributed by atoms with van der Waals surface area (Å²) in [5.41, 5.74) is 0.241. The molecule has 14 heavy (non-hydrogen) atoms. The lowest BCUT2D eigenvalue weighted by Crippen LogP contribution is -2.56. The minimum Gasteiger partial charge on any atom is -0.296 e. The zero-order chi connectivity index (χ0) is 10.2. The third-order valence-electron chi connectivity index (χ3n) is 4.37. The molecule has 2 aliphatic rings. The van der Waals surface area contributed by atoms with Crippen molar-refractivity contribution in [3.63, 3.8) is 0 Å². The second-order valence-corrected chi connectivity index (χ2v) is 4.68. The summed E-state index contributed by atoms with van der Waals surface area (Å²) in [6, 6.07) is 0. The Hall–Kier alpha value is -0.120. The Morgan fingerprint density at radius 2 is 2.00 bits per heavy atom. The first-order valence-electron chi connectivity index (χ1n) is 5.87. The molecule has 1 aliphatic heterocycles. The molecule has 0 aromatic heterocycles. The van der Waals surface area contributed by atoms with E-state index >= 15 is 0 Å². The van der Waals surface area contributed by atoms with E-state index in [1.165, 1.54) is 19.4 Å². The van der Waals surface area contributed by atoms with E-state index in [9.17, 15) is 0 Å². The van der Waals surface area contributed by atoms with Gasteiger partial charge in [0.25, 0.3) is 0 Å². The largest absolute Gasteiger partial charge is 0.296 e. The monoisotopic (exact) mass is 198 g/mol. The van der Waals surface area contributed by atoms with Gasteiger partial charge in [-0.05, 0) is 45.2 Å². The second-order valence-electron chi connectivity index (χ2n) is 4.68. The topological polar surface area (TPSA) is 38.5 Å². The summed E-state index contributed by atoms with van der Waals surface area (Å²) >= 11 is 0. The zero-order valence-electron chi connectivity index (χ0n) is 9.38. The van der Waals surface area contributed by atoms with Crippen molar-refractivity contribution < 1.29 is 4.84 Å². The van der Waals surface area contributed by atoms with Gasteiger partial charge < -0.3 is 0 Å². The molecule has 2 N–H and O–H groups in total. The van der Waals surface area contributed by atoms with Crippen LogP contribution in [-0.4, -0.2) is 29.1 Å². The Morgan fingerprint density at radius 1 is 1.29 bits per heavy atom. The molecule has 1 atom stereocenters. The van der Waals surface area contributed by atoms with Crippen LogP contribution in [0.1, 0.15) is 46.0 Å². The third kappa shape index (κ3) is 1.16. The minimum absolute atomic E-state index is 0.00569. The lowest BCUT2D eigenvalue weighted by Gasteiger charge is -2.43. The van der Waals surface area contributed by atoms with Crippen LogP contribution < -0.4 is 5.90 Å². The van der Waals surface area contributed by atoms with E-state index in [2.05, 4.69) is 18.7 Å². The number of hydrogen-bond acceptors (Lipinski definition) is 3. The molecule has 0 bridgehead atoms. The lowest BCUT2D eigenvalue weighted by atomic mass is 9.84. The van der Waals surface area contributed by atoms with Crippen molar-refractivity contribution in [2.45, 2.75) is 57.1 Å². The maximum absolute atomic E-state index is 5.50. The van der Waals surface area contributed by atoms with Crippen molar-refractivity contribution in [1.29, 1.82) is 0 Å². The predicted molar refractivity (Wildman–Crippen MR) is 56.7 cm³/mol. The molecule has 0 aromatic carbocycles. The van der Waals surface area contributed by atoms with Crippen LogP contribution in [0, 0.1) is 0 Å². The molecular weight excluding hydrogens is 176 g/mol. The van der Waals surface area contributed by atoms with Crippen LogP contribution in [0.4, 0.5) is 0 Å². The molecule has 3 heteroatoms. The van der Waals surface area contributed by atoms with Crippen molar-refractivity contribution in [2.24, 2.45) is 5.90 Å². The van der Waals surface area contributed by atoms with Crippen molar-refractivity contribution in [1.82, 2.24) is 4.90 Å². The second kappa shape index (κ2) is 3.47. The van der Waals surface area contributed by atoms with Gasteiger partial charge >= 0.3 is 0 Å². The summed E-state index contributed by atoms with van der Waals surface area (Å²) in [5, 5.41) is 0. The van der Waals surface area contributed by atoms with Gasteiger partial charge in [-0.2, -0.15) is 0 Å². The number of nitrogens with two attached hydrogens (primary N) is 1. The van der Waals surface area contributed by atoms with E-state index in [0.717, 1.165) is 25.8 Å². The van der Waals surface area contributed by atoms with E-state index in [0.29, 0.717) is 0 Å². The van der Waals surface area contributed by atoms with E-state index in [-0.39, 0.29) is 11.1 Å². The molecule has 0 radical (unpaired) electrons. The van der Waals surface area contributed by atoms with Gasteiger partial charge in [0.1, 0.15) is 5.60 Å². The lowest BCUT2D eigenvalue weighted by molar-refractivity contribution is -0.0810. The van der Waals surface area contributed by atoms with Gasteiger partial charge in [-0.25, -0.2) is 5.90 Å². The van der Waals surface area contributed by atoms with Gasteiger partial charge in [0.2, 0.25) is 0 Å². The number of rotatable bonds is 4. The highest BCUT2D eigenvalue weighted by Gasteiger charge is 2.63. The standard InChI is InChI=1S/C11H22N2O/c1-3-10(11(14-12)7-8-11)6-5-9-13(10)4-2/h3-9,12H2,1-2H3. The van der Waals surface area contributed by atoms with Crippen LogP contribution in [0.15, 0.2) is 0 Å².